The second-order valence-corrected chi connectivity index (χ2v) is 1.47. The summed E-state index contributed by atoms with van der Waals surface area (Å²) in [6.07, 6.45) is 2.58. The molecule has 1 N–H and O–H groups in total. The van der Waals surface area contributed by atoms with Crippen LogP contribution in [-0.4, -0.2) is 16.3 Å². The van der Waals surface area contributed by atoms with Gasteiger partial charge in [0.25, 0.3) is 5.56 Å². The fourth-order valence-electron chi connectivity index (χ4n) is 0.474. The van der Waals surface area contributed by atoms with E-state index in [0.717, 1.165) is 0 Å². The Morgan fingerprint density at radius 2 is 2.50 bits per heavy atom. The molecule has 0 bridgehead atoms. The molecule has 0 spiro atoms. The Hall–Kier alpha value is -1.74. The van der Waals surface area contributed by atoms with Crippen molar-refractivity contribution < 1.29 is 4.79 Å². The van der Waals surface area contributed by atoms with Gasteiger partial charge in [-0.1, -0.05) is 0 Å². The number of hydrogen-bond acceptors (Lipinski definition) is 4. The summed E-state index contributed by atoms with van der Waals surface area (Å²) in [7, 11) is 0. The molecule has 1 heterocycles. The number of aromatic nitrogens is 2. The highest BCUT2D eigenvalue weighted by Gasteiger charge is 1.91. The summed E-state index contributed by atoms with van der Waals surface area (Å²) in [5.41, 5.74) is -0.476. The lowest BCUT2D eigenvalue weighted by molar-refractivity contribution is 0.565. The standard InChI is InChI=1S/C5H3N3O2/c9-3-6-4-1-2-7-8-5(4)10/h1-2H,(H,8,10). The molecule has 1 aromatic rings. The van der Waals surface area contributed by atoms with Crippen LogP contribution in [-0.2, 0) is 4.79 Å². The smallest absolute Gasteiger partial charge is 0.266 e. The average Bonchev–Trinajstić information content (AvgIpc) is 1.94. The van der Waals surface area contributed by atoms with Crippen LogP contribution in [0.25, 0.3) is 0 Å². The average molecular weight is 137 g/mol. The maximum atomic E-state index is 10.6. The number of hydrogen-bond donors (Lipinski definition) is 1. The molecule has 5 nitrogen and oxygen atoms in total. The molecular formula is C5H3N3O2. The largest absolute Gasteiger partial charge is 0.290 e. The Bertz CT molecular complexity index is 324. The van der Waals surface area contributed by atoms with Crippen LogP contribution in [0.4, 0.5) is 5.69 Å². The zero-order chi connectivity index (χ0) is 7.40. The molecule has 0 saturated heterocycles. The van der Waals surface area contributed by atoms with Crippen molar-refractivity contribution in [1.29, 1.82) is 0 Å². The van der Waals surface area contributed by atoms with Gasteiger partial charge in [0.1, 0.15) is 5.69 Å². The topological polar surface area (TPSA) is 75.2 Å². The van der Waals surface area contributed by atoms with Gasteiger partial charge in [0.2, 0.25) is 6.08 Å². The van der Waals surface area contributed by atoms with Crippen molar-refractivity contribution >= 4 is 11.8 Å². The van der Waals surface area contributed by atoms with Gasteiger partial charge in [-0.15, -0.1) is 0 Å². The van der Waals surface area contributed by atoms with Crippen LogP contribution in [0.5, 0.6) is 0 Å². The van der Waals surface area contributed by atoms with E-state index in [1.165, 1.54) is 18.3 Å². The molecule has 1 aromatic heterocycles. The first-order chi connectivity index (χ1) is 4.84. The Morgan fingerprint density at radius 3 is 3.10 bits per heavy atom. The van der Waals surface area contributed by atoms with Gasteiger partial charge in [0.05, 0.1) is 0 Å². The van der Waals surface area contributed by atoms with Crippen molar-refractivity contribution in [3.05, 3.63) is 22.6 Å². The Morgan fingerprint density at radius 1 is 1.70 bits per heavy atom. The molecule has 10 heavy (non-hydrogen) atoms. The van der Waals surface area contributed by atoms with E-state index >= 15 is 0 Å². The molecular weight excluding hydrogens is 134 g/mol. The Balaban J connectivity index is 3.28. The molecule has 0 atom stereocenters. The number of aliphatic imine (C=N–C) groups is 1. The third-order valence-electron chi connectivity index (χ3n) is 0.872. The van der Waals surface area contributed by atoms with E-state index in [-0.39, 0.29) is 5.69 Å². The summed E-state index contributed by atoms with van der Waals surface area (Å²) in [6, 6.07) is 1.32. The number of nitrogens with zero attached hydrogens (tertiary/aromatic N) is 2. The summed E-state index contributed by atoms with van der Waals surface area (Å²) in [5, 5.41) is 5.51. The summed E-state index contributed by atoms with van der Waals surface area (Å²) in [6.45, 7) is 0. The lowest BCUT2D eigenvalue weighted by Crippen LogP contribution is -2.05. The van der Waals surface area contributed by atoms with Crippen LogP contribution >= 0.6 is 0 Å². The molecule has 50 valence electrons. The molecule has 0 fully saturated rings. The predicted molar refractivity (Wildman–Crippen MR) is 32.6 cm³/mol. The molecule has 0 aliphatic carbocycles. The predicted octanol–water partition coefficient (Wildman–Crippen LogP) is -0.263. The van der Waals surface area contributed by atoms with Crippen LogP contribution in [0.1, 0.15) is 0 Å². The van der Waals surface area contributed by atoms with Crippen LogP contribution in [0.15, 0.2) is 22.1 Å². The quantitative estimate of drug-likeness (QED) is 0.428. The zero-order valence-corrected chi connectivity index (χ0v) is 4.87. The molecule has 0 amide bonds. The molecule has 1 rings (SSSR count). The van der Waals surface area contributed by atoms with Crippen molar-refractivity contribution in [2.45, 2.75) is 0 Å². The molecule has 0 unspecified atom stereocenters. The van der Waals surface area contributed by atoms with Crippen molar-refractivity contribution in [2.24, 2.45) is 4.99 Å². The van der Waals surface area contributed by atoms with Crippen LogP contribution in [0.3, 0.4) is 0 Å². The van der Waals surface area contributed by atoms with Gasteiger partial charge in [-0.05, 0) is 6.07 Å². The van der Waals surface area contributed by atoms with Crippen molar-refractivity contribution in [3.8, 4) is 0 Å². The number of H-pyrrole nitrogens is 1. The molecule has 0 aliphatic rings. The molecule has 0 aromatic carbocycles. The summed E-state index contributed by atoms with van der Waals surface area (Å²) in [5.74, 6) is 0. The first-order valence-corrected chi connectivity index (χ1v) is 2.46. The van der Waals surface area contributed by atoms with Crippen molar-refractivity contribution in [1.82, 2.24) is 10.2 Å². The maximum Gasteiger partial charge on any atom is 0.290 e. The van der Waals surface area contributed by atoms with E-state index in [2.05, 4.69) is 15.2 Å². The lowest BCUT2D eigenvalue weighted by Gasteiger charge is -1.83. The number of isocyanates is 1. The second kappa shape index (κ2) is 2.70. The minimum Gasteiger partial charge on any atom is -0.266 e. The highest BCUT2D eigenvalue weighted by Crippen LogP contribution is 1.96. The number of nitrogens with one attached hydrogen (secondary N) is 1. The molecule has 0 aliphatic heterocycles. The Labute approximate surface area is 55.4 Å². The van der Waals surface area contributed by atoms with Crippen LogP contribution in [0.2, 0.25) is 0 Å². The monoisotopic (exact) mass is 137 g/mol. The van der Waals surface area contributed by atoms with Crippen LogP contribution < -0.4 is 5.56 Å². The van der Waals surface area contributed by atoms with Gasteiger partial charge in [-0.2, -0.15) is 10.1 Å². The summed E-state index contributed by atoms with van der Waals surface area (Å²) < 4.78 is 0. The van der Waals surface area contributed by atoms with E-state index in [1.54, 1.807) is 0 Å². The first-order valence-electron chi connectivity index (χ1n) is 2.46. The SMILES string of the molecule is O=C=Nc1ccn[nH]c1=O. The molecule has 0 saturated carbocycles. The van der Waals surface area contributed by atoms with Gasteiger partial charge in [0, 0.05) is 6.20 Å². The van der Waals surface area contributed by atoms with Crippen molar-refractivity contribution in [3.63, 3.8) is 0 Å². The van der Waals surface area contributed by atoms with E-state index < -0.39 is 5.56 Å². The van der Waals surface area contributed by atoms with Crippen molar-refractivity contribution in [2.75, 3.05) is 0 Å². The Kier molecular flexibility index (Phi) is 1.72. The number of rotatable bonds is 1. The third kappa shape index (κ3) is 1.15. The molecule has 5 heteroatoms. The van der Waals surface area contributed by atoms with Gasteiger partial charge in [-0.25, -0.2) is 9.89 Å². The molecule has 0 radical (unpaired) electrons. The van der Waals surface area contributed by atoms with E-state index in [4.69, 9.17) is 0 Å². The van der Waals surface area contributed by atoms with Gasteiger partial charge in [-0.3, -0.25) is 4.79 Å². The highest BCUT2D eigenvalue weighted by atomic mass is 16.1. The third-order valence-corrected chi connectivity index (χ3v) is 0.872. The fraction of sp³-hybridized carbons (Fsp3) is 0. The fourth-order valence-corrected chi connectivity index (χ4v) is 0.474. The van der Waals surface area contributed by atoms with Gasteiger partial charge in [0.15, 0.2) is 0 Å². The van der Waals surface area contributed by atoms with E-state index in [0.29, 0.717) is 0 Å². The lowest BCUT2D eigenvalue weighted by atomic mass is 10.5. The number of aromatic amines is 1. The van der Waals surface area contributed by atoms with Crippen LogP contribution in [0, 0.1) is 0 Å². The van der Waals surface area contributed by atoms with E-state index in [9.17, 15) is 9.59 Å². The zero-order valence-electron chi connectivity index (χ0n) is 4.87. The minimum absolute atomic E-state index is 0.0185. The van der Waals surface area contributed by atoms with Gasteiger partial charge >= 0.3 is 0 Å². The highest BCUT2D eigenvalue weighted by molar-refractivity contribution is 5.46. The number of carbonyl (C=O) groups excluding carboxylic acids is 1. The van der Waals surface area contributed by atoms with Gasteiger partial charge < -0.3 is 0 Å². The van der Waals surface area contributed by atoms with E-state index in [1.807, 2.05) is 0 Å². The minimum atomic E-state index is -0.495. The summed E-state index contributed by atoms with van der Waals surface area (Å²) >= 11 is 0. The second-order valence-electron chi connectivity index (χ2n) is 1.47. The maximum absolute atomic E-state index is 10.6. The first kappa shape index (κ1) is 6.38. The summed E-state index contributed by atoms with van der Waals surface area (Å²) in [4.78, 5) is 23.4. The normalized spacial score (nSPS) is 8.40.